The number of hydrogen-bond donors (Lipinski definition) is 0. The van der Waals surface area contributed by atoms with Gasteiger partial charge in [0.05, 0.1) is 16.4 Å². The van der Waals surface area contributed by atoms with Crippen molar-refractivity contribution in [3.8, 4) is 39.3 Å². The van der Waals surface area contributed by atoms with Gasteiger partial charge in [-0.15, -0.1) is 0 Å². The standard InChI is InChI=1S/C56H36N2/c1-3-19-41(20-4-1)56(54-47-26-11-9-24-45(47)53(46-25-10-12-27-48(46)54)39-32-31-37-17-7-8-18-38(37)35-39)49-28-14-13-23-43(49)44-34-33-40(36-50(44)56)55-57-51-29-15-16-30-52(51)58(55)42-21-5-2-6-22-42/h1-36H. The van der Waals surface area contributed by atoms with E-state index in [0.29, 0.717) is 0 Å². The van der Waals surface area contributed by atoms with Gasteiger partial charge in [-0.2, -0.15) is 0 Å². The fourth-order valence-electron chi connectivity index (χ4n) is 10.1. The Morgan fingerprint density at radius 1 is 0.397 bits per heavy atom. The van der Waals surface area contributed by atoms with Crippen LogP contribution >= 0.6 is 0 Å². The molecule has 2 nitrogen and oxygen atoms in total. The summed E-state index contributed by atoms with van der Waals surface area (Å²) < 4.78 is 2.31. The van der Waals surface area contributed by atoms with Crippen molar-refractivity contribution >= 4 is 43.4 Å². The quantitative estimate of drug-likeness (QED) is 0.161. The van der Waals surface area contributed by atoms with E-state index >= 15 is 0 Å². The fraction of sp³-hybridized carbons (Fsp3) is 0.0179. The van der Waals surface area contributed by atoms with Crippen LogP contribution in [0.1, 0.15) is 22.3 Å². The maximum absolute atomic E-state index is 5.36. The second-order valence-electron chi connectivity index (χ2n) is 15.4. The van der Waals surface area contributed by atoms with E-state index in [1.807, 2.05) is 0 Å². The Morgan fingerprint density at radius 3 is 1.76 bits per heavy atom. The minimum absolute atomic E-state index is 0.659. The second kappa shape index (κ2) is 12.7. The number of benzene rings is 10. The molecule has 0 fully saturated rings. The smallest absolute Gasteiger partial charge is 0.145 e. The minimum Gasteiger partial charge on any atom is -0.292 e. The van der Waals surface area contributed by atoms with E-state index in [9.17, 15) is 0 Å². The molecule has 1 aliphatic rings. The van der Waals surface area contributed by atoms with Gasteiger partial charge in [0, 0.05) is 11.3 Å². The molecule has 1 aliphatic carbocycles. The van der Waals surface area contributed by atoms with E-state index < -0.39 is 5.41 Å². The zero-order valence-corrected chi connectivity index (χ0v) is 31.7. The van der Waals surface area contributed by atoms with Crippen LogP contribution in [0.4, 0.5) is 0 Å². The van der Waals surface area contributed by atoms with Crippen molar-refractivity contribution in [3.63, 3.8) is 0 Å². The first-order valence-corrected chi connectivity index (χ1v) is 20.1. The molecule has 0 radical (unpaired) electrons. The molecule has 12 rings (SSSR count). The normalized spacial score (nSPS) is 14.6. The molecular weight excluding hydrogens is 701 g/mol. The topological polar surface area (TPSA) is 17.8 Å². The highest BCUT2D eigenvalue weighted by Crippen LogP contribution is 2.60. The second-order valence-corrected chi connectivity index (χ2v) is 15.4. The molecule has 10 aromatic carbocycles. The first-order valence-electron chi connectivity index (χ1n) is 20.1. The number of fused-ring (bicyclic) bond motifs is 7. The Morgan fingerprint density at radius 2 is 0.983 bits per heavy atom. The summed E-state index contributed by atoms with van der Waals surface area (Å²) in [5, 5.41) is 7.47. The zero-order chi connectivity index (χ0) is 38.2. The summed E-state index contributed by atoms with van der Waals surface area (Å²) in [6.07, 6.45) is 0. The highest BCUT2D eigenvalue weighted by Gasteiger charge is 2.48. The summed E-state index contributed by atoms with van der Waals surface area (Å²) in [6.45, 7) is 0. The lowest BCUT2D eigenvalue weighted by atomic mass is 9.64. The lowest BCUT2D eigenvalue weighted by Gasteiger charge is -2.36. The molecule has 11 aromatic rings. The molecule has 0 saturated heterocycles. The monoisotopic (exact) mass is 736 g/mol. The molecule has 0 aliphatic heterocycles. The van der Waals surface area contributed by atoms with Crippen LogP contribution in [0.5, 0.6) is 0 Å². The van der Waals surface area contributed by atoms with Gasteiger partial charge in [-0.25, -0.2) is 4.98 Å². The van der Waals surface area contributed by atoms with Crippen LogP contribution in [-0.2, 0) is 5.41 Å². The molecule has 2 heteroatoms. The molecule has 58 heavy (non-hydrogen) atoms. The van der Waals surface area contributed by atoms with E-state index in [1.54, 1.807) is 0 Å². The Balaban J connectivity index is 1.23. The number of rotatable bonds is 5. The zero-order valence-electron chi connectivity index (χ0n) is 31.7. The van der Waals surface area contributed by atoms with E-state index in [1.165, 1.54) is 76.8 Å². The Kier molecular flexibility index (Phi) is 7.18. The molecule has 1 heterocycles. The van der Waals surface area contributed by atoms with Crippen molar-refractivity contribution in [3.05, 3.63) is 241 Å². The molecular formula is C56H36N2. The van der Waals surface area contributed by atoms with Crippen molar-refractivity contribution in [2.24, 2.45) is 0 Å². The van der Waals surface area contributed by atoms with Gasteiger partial charge in [0.2, 0.25) is 0 Å². The Bertz CT molecular complexity index is 3340. The van der Waals surface area contributed by atoms with E-state index in [2.05, 4.69) is 223 Å². The van der Waals surface area contributed by atoms with E-state index in [-0.39, 0.29) is 0 Å². The molecule has 0 spiro atoms. The van der Waals surface area contributed by atoms with Crippen LogP contribution in [-0.4, -0.2) is 9.55 Å². The Hall–Kier alpha value is -7.55. The molecule has 0 amide bonds. The summed E-state index contributed by atoms with van der Waals surface area (Å²) in [5.74, 6) is 0.925. The van der Waals surface area contributed by atoms with Crippen molar-refractivity contribution in [1.82, 2.24) is 9.55 Å². The van der Waals surface area contributed by atoms with Crippen molar-refractivity contribution < 1.29 is 0 Å². The molecule has 0 N–H and O–H groups in total. The van der Waals surface area contributed by atoms with Gasteiger partial charge >= 0.3 is 0 Å². The van der Waals surface area contributed by atoms with E-state index in [4.69, 9.17) is 4.98 Å². The van der Waals surface area contributed by atoms with Gasteiger partial charge in [0.1, 0.15) is 5.82 Å². The summed E-state index contributed by atoms with van der Waals surface area (Å²) in [5.41, 5.74) is 13.7. The number of para-hydroxylation sites is 3. The lowest BCUT2D eigenvalue weighted by molar-refractivity contribution is 0.784. The van der Waals surface area contributed by atoms with Gasteiger partial charge in [0.25, 0.3) is 0 Å². The molecule has 1 atom stereocenters. The third-order valence-electron chi connectivity index (χ3n) is 12.4. The first kappa shape index (κ1) is 32.7. The predicted octanol–water partition coefficient (Wildman–Crippen LogP) is 14.2. The van der Waals surface area contributed by atoms with Crippen molar-refractivity contribution in [2.75, 3.05) is 0 Å². The third kappa shape index (κ3) is 4.63. The predicted molar refractivity (Wildman–Crippen MR) is 242 cm³/mol. The van der Waals surface area contributed by atoms with Gasteiger partial charge in [-0.1, -0.05) is 182 Å². The van der Waals surface area contributed by atoms with Crippen LogP contribution in [0.3, 0.4) is 0 Å². The summed E-state index contributed by atoms with van der Waals surface area (Å²) >= 11 is 0. The maximum Gasteiger partial charge on any atom is 0.145 e. The third-order valence-corrected chi connectivity index (χ3v) is 12.4. The van der Waals surface area contributed by atoms with Crippen LogP contribution in [0.15, 0.2) is 218 Å². The van der Waals surface area contributed by atoms with Crippen LogP contribution in [0.25, 0.3) is 82.7 Å². The molecule has 0 bridgehead atoms. The van der Waals surface area contributed by atoms with Gasteiger partial charge in [-0.3, -0.25) is 4.57 Å². The lowest BCUT2D eigenvalue weighted by Crippen LogP contribution is -2.29. The highest BCUT2D eigenvalue weighted by atomic mass is 15.1. The first-order chi connectivity index (χ1) is 28.8. The molecule has 0 saturated carbocycles. The average Bonchev–Trinajstić information content (AvgIpc) is 3.83. The van der Waals surface area contributed by atoms with E-state index in [0.717, 1.165) is 28.1 Å². The van der Waals surface area contributed by atoms with Gasteiger partial charge < -0.3 is 0 Å². The molecule has 1 aromatic heterocycles. The van der Waals surface area contributed by atoms with Crippen molar-refractivity contribution in [2.45, 2.75) is 5.41 Å². The SMILES string of the molecule is c1ccc(-n2c(-c3ccc4c(c3)C(c3ccccc3)(c3c5ccccc5c(-c5ccc6ccccc6c5)c5ccccc35)c3ccccc3-4)nc3ccccc32)cc1. The van der Waals surface area contributed by atoms with Crippen LogP contribution in [0.2, 0.25) is 0 Å². The summed E-state index contributed by atoms with van der Waals surface area (Å²) in [6, 6.07) is 80.2. The van der Waals surface area contributed by atoms with Gasteiger partial charge in [-0.05, 0) is 113 Å². The molecule has 270 valence electrons. The number of aromatic nitrogens is 2. The number of hydrogen-bond acceptors (Lipinski definition) is 1. The number of nitrogens with zero attached hydrogens (tertiary/aromatic N) is 2. The summed E-state index contributed by atoms with van der Waals surface area (Å²) in [4.78, 5) is 5.36. The average molecular weight is 737 g/mol. The largest absolute Gasteiger partial charge is 0.292 e. The molecule has 1 unspecified atom stereocenters. The summed E-state index contributed by atoms with van der Waals surface area (Å²) in [7, 11) is 0. The maximum atomic E-state index is 5.36. The van der Waals surface area contributed by atoms with Crippen molar-refractivity contribution in [1.29, 1.82) is 0 Å². The minimum atomic E-state index is -0.659. The van der Waals surface area contributed by atoms with Crippen LogP contribution < -0.4 is 0 Å². The van der Waals surface area contributed by atoms with Gasteiger partial charge in [0.15, 0.2) is 0 Å². The Labute approximate surface area is 336 Å². The highest BCUT2D eigenvalue weighted by molar-refractivity contribution is 6.17. The van der Waals surface area contributed by atoms with Crippen LogP contribution in [0, 0.1) is 0 Å². The number of imidazole rings is 1. The fourth-order valence-corrected chi connectivity index (χ4v) is 10.1.